The minimum absolute atomic E-state index is 0.0447. The van der Waals surface area contributed by atoms with Gasteiger partial charge in [0, 0.05) is 16.2 Å². The van der Waals surface area contributed by atoms with Gasteiger partial charge in [-0.1, -0.05) is 34.1 Å². The number of benzene rings is 2. The molecule has 138 valence electrons. The second kappa shape index (κ2) is 8.50. The maximum absolute atomic E-state index is 12.2. The van der Waals surface area contributed by atoms with Crippen LogP contribution in [-0.2, 0) is 6.54 Å². The standard InChI is InChI=1S/C19H17BrN4O3/c1-27-17-4-2-3-14(18(17)25)11-21-22-19(26)16-9-10-24(23-16)12-13-5-7-15(20)8-6-13/h2-11,25H,12H2,1H3,(H,22,26). The molecule has 0 spiro atoms. The number of halogens is 1. The number of hydrogen-bond acceptors (Lipinski definition) is 5. The number of nitrogens with zero attached hydrogens (tertiary/aromatic N) is 3. The van der Waals surface area contributed by atoms with Crippen LogP contribution in [0.2, 0.25) is 0 Å². The summed E-state index contributed by atoms with van der Waals surface area (Å²) in [6, 6.07) is 14.5. The molecule has 1 heterocycles. The van der Waals surface area contributed by atoms with E-state index in [9.17, 15) is 9.90 Å². The predicted octanol–water partition coefficient (Wildman–Crippen LogP) is 3.17. The van der Waals surface area contributed by atoms with Crippen LogP contribution in [0, 0.1) is 0 Å². The molecule has 0 fully saturated rings. The molecule has 0 bridgehead atoms. The highest BCUT2D eigenvalue weighted by Gasteiger charge is 2.09. The number of phenols is 1. The molecule has 0 aliphatic heterocycles. The number of rotatable bonds is 6. The van der Waals surface area contributed by atoms with Gasteiger partial charge in [0.15, 0.2) is 17.2 Å². The summed E-state index contributed by atoms with van der Waals surface area (Å²) in [7, 11) is 1.46. The van der Waals surface area contributed by atoms with Crippen LogP contribution in [-0.4, -0.2) is 34.1 Å². The zero-order chi connectivity index (χ0) is 19.2. The van der Waals surface area contributed by atoms with Crippen molar-refractivity contribution in [1.29, 1.82) is 0 Å². The molecular formula is C19H17BrN4O3. The van der Waals surface area contributed by atoms with Crippen molar-refractivity contribution in [2.24, 2.45) is 5.10 Å². The molecule has 2 N–H and O–H groups in total. The molecule has 1 aromatic heterocycles. The van der Waals surface area contributed by atoms with Crippen molar-refractivity contribution in [3.05, 3.63) is 76.0 Å². The van der Waals surface area contributed by atoms with Crippen LogP contribution in [0.3, 0.4) is 0 Å². The van der Waals surface area contributed by atoms with Crippen molar-refractivity contribution in [1.82, 2.24) is 15.2 Å². The topological polar surface area (TPSA) is 88.7 Å². The molecule has 7 nitrogen and oxygen atoms in total. The van der Waals surface area contributed by atoms with Crippen LogP contribution >= 0.6 is 15.9 Å². The van der Waals surface area contributed by atoms with Gasteiger partial charge in [-0.25, -0.2) is 5.43 Å². The lowest BCUT2D eigenvalue weighted by Crippen LogP contribution is -2.18. The summed E-state index contributed by atoms with van der Waals surface area (Å²) in [5.41, 5.74) is 4.14. The third-order valence-corrected chi connectivity index (χ3v) is 4.28. The summed E-state index contributed by atoms with van der Waals surface area (Å²) in [5, 5.41) is 18.1. The monoisotopic (exact) mass is 428 g/mol. The van der Waals surface area contributed by atoms with Crippen LogP contribution in [0.5, 0.6) is 11.5 Å². The number of nitrogens with one attached hydrogen (secondary N) is 1. The smallest absolute Gasteiger partial charge is 0.291 e. The van der Waals surface area contributed by atoms with Crippen molar-refractivity contribution in [3.8, 4) is 11.5 Å². The maximum atomic E-state index is 12.2. The first-order valence-corrected chi connectivity index (χ1v) is 8.83. The quantitative estimate of drug-likeness (QED) is 0.466. The van der Waals surface area contributed by atoms with Gasteiger partial charge in [-0.15, -0.1) is 0 Å². The molecule has 8 heteroatoms. The lowest BCUT2D eigenvalue weighted by atomic mass is 10.2. The Kier molecular flexibility index (Phi) is 5.87. The van der Waals surface area contributed by atoms with E-state index in [0.29, 0.717) is 17.9 Å². The van der Waals surface area contributed by atoms with Gasteiger partial charge in [-0.05, 0) is 35.9 Å². The molecule has 3 aromatic rings. The molecular weight excluding hydrogens is 412 g/mol. The minimum Gasteiger partial charge on any atom is -0.504 e. The Hall–Kier alpha value is -3.13. The SMILES string of the molecule is COc1cccc(C=NNC(=O)c2ccn(Cc3ccc(Br)cc3)n2)c1O. The second-order valence-electron chi connectivity index (χ2n) is 5.62. The van der Waals surface area contributed by atoms with Crippen molar-refractivity contribution < 1.29 is 14.6 Å². The van der Waals surface area contributed by atoms with E-state index >= 15 is 0 Å². The fraction of sp³-hybridized carbons (Fsp3) is 0.105. The third-order valence-electron chi connectivity index (χ3n) is 3.75. The van der Waals surface area contributed by atoms with E-state index in [-0.39, 0.29) is 11.4 Å². The highest BCUT2D eigenvalue weighted by atomic mass is 79.9. The van der Waals surface area contributed by atoms with Gasteiger partial charge in [0.2, 0.25) is 0 Å². The van der Waals surface area contributed by atoms with Gasteiger partial charge in [0.25, 0.3) is 5.91 Å². The first-order chi connectivity index (χ1) is 13.1. The number of methoxy groups -OCH3 is 1. The molecule has 0 aliphatic rings. The van der Waals surface area contributed by atoms with Crippen LogP contribution < -0.4 is 10.2 Å². The number of amides is 1. The largest absolute Gasteiger partial charge is 0.504 e. The van der Waals surface area contributed by atoms with Gasteiger partial charge in [0.1, 0.15) is 0 Å². The summed E-state index contributed by atoms with van der Waals surface area (Å²) in [4.78, 5) is 12.2. The Morgan fingerprint density at radius 2 is 2.07 bits per heavy atom. The number of aromatic nitrogens is 2. The van der Waals surface area contributed by atoms with Crippen LogP contribution in [0.25, 0.3) is 0 Å². The first-order valence-electron chi connectivity index (χ1n) is 8.04. The van der Waals surface area contributed by atoms with Crippen molar-refractivity contribution in [2.75, 3.05) is 7.11 Å². The average molecular weight is 429 g/mol. The Labute approximate surface area is 164 Å². The van der Waals surface area contributed by atoms with E-state index in [1.165, 1.54) is 13.3 Å². The Morgan fingerprint density at radius 3 is 2.81 bits per heavy atom. The average Bonchev–Trinajstić information content (AvgIpc) is 3.13. The number of carbonyl (C=O) groups is 1. The molecule has 0 saturated carbocycles. The first kappa shape index (κ1) is 18.7. The number of ether oxygens (including phenoxy) is 1. The van der Waals surface area contributed by atoms with E-state index in [1.807, 2.05) is 24.3 Å². The van der Waals surface area contributed by atoms with Gasteiger partial charge in [-0.2, -0.15) is 10.2 Å². The number of carbonyl (C=O) groups excluding carboxylic acids is 1. The minimum atomic E-state index is -0.441. The summed E-state index contributed by atoms with van der Waals surface area (Å²) in [5.74, 6) is -0.156. The van der Waals surface area contributed by atoms with Crippen molar-refractivity contribution in [2.45, 2.75) is 6.54 Å². The zero-order valence-electron chi connectivity index (χ0n) is 14.5. The van der Waals surface area contributed by atoms with Crippen molar-refractivity contribution >= 4 is 28.1 Å². The predicted molar refractivity (Wildman–Crippen MR) is 105 cm³/mol. The molecule has 3 rings (SSSR count). The van der Waals surface area contributed by atoms with E-state index in [2.05, 4.69) is 31.6 Å². The highest BCUT2D eigenvalue weighted by Crippen LogP contribution is 2.27. The van der Waals surface area contributed by atoms with Crippen LogP contribution in [0.15, 0.2) is 64.3 Å². The van der Waals surface area contributed by atoms with Gasteiger partial charge in [-0.3, -0.25) is 9.48 Å². The van der Waals surface area contributed by atoms with E-state index in [4.69, 9.17) is 4.74 Å². The fourth-order valence-corrected chi connectivity index (χ4v) is 2.64. The fourth-order valence-electron chi connectivity index (χ4n) is 2.37. The molecule has 1 amide bonds. The number of hydrazone groups is 1. The number of para-hydroxylation sites is 1. The molecule has 0 atom stereocenters. The third kappa shape index (κ3) is 4.73. The van der Waals surface area contributed by atoms with Gasteiger partial charge in [0.05, 0.1) is 19.9 Å². The number of phenolic OH excluding ortho intramolecular Hbond substituents is 1. The molecule has 27 heavy (non-hydrogen) atoms. The Bertz CT molecular complexity index is 967. The highest BCUT2D eigenvalue weighted by molar-refractivity contribution is 9.10. The zero-order valence-corrected chi connectivity index (χ0v) is 16.0. The van der Waals surface area contributed by atoms with Crippen LogP contribution in [0.1, 0.15) is 21.6 Å². The summed E-state index contributed by atoms with van der Waals surface area (Å²) in [6.07, 6.45) is 3.07. The van der Waals surface area contributed by atoms with E-state index in [1.54, 1.807) is 35.1 Å². The number of aromatic hydroxyl groups is 1. The second-order valence-corrected chi connectivity index (χ2v) is 6.54. The lowest BCUT2D eigenvalue weighted by Gasteiger charge is -2.04. The molecule has 0 saturated heterocycles. The molecule has 0 unspecified atom stereocenters. The normalized spacial score (nSPS) is 10.9. The molecule has 0 radical (unpaired) electrons. The molecule has 2 aromatic carbocycles. The van der Waals surface area contributed by atoms with E-state index in [0.717, 1.165) is 10.0 Å². The lowest BCUT2D eigenvalue weighted by molar-refractivity contribution is 0.0949. The maximum Gasteiger partial charge on any atom is 0.291 e. The van der Waals surface area contributed by atoms with E-state index < -0.39 is 5.91 Å². The van der Waals surface area contributed by atoms with Crippen LogP contribution in [0.4, 0.5) is 0 Å². The summed E-state index contributed by atoms with van der Waals surface area (Å²) < 4.78 is 7.71. The van der Waals surface area contributed by atoms with Gasteiger partial charge < -0.3 is 9.84 Å². The number of hydrogen-bond donors (Lipinski definition) is 2. The Balaban J connectivity index is 1.62. The van der Waals surface area contributed by atoms with Gasteiger partial charge >= 0.3 is 0 Å². The summed E-state index contributed by atoms with van der Waals surface area (Å²) >= 11 is 3.40. The molecule has 0 aliphatic carbocycles. The Morgan fingerprint density at radius 1 is 1.30 bits per heavy atom. The van der Waals surface area contributed by atoms with Crippen molar-refractivity contribution in [3.63, 3.8) is 0 Å². The summed E-state index contributed by atoms with van der Waals surface area (Å²) in [6.45, 7) is 0.557.